The van der Waals surface area contributed by atoms with E-state index in [0.29, 0.717) is 12.2 Å². The first-order chi connectivity index (χ1) is 7.13. The van der Waals surface area contributed by atoms with E-state index in [1.165, 1.54) is 0 Å². The van der Waals surface area contributed by atoms with Crippen LogP contribution in [0.2, 0.25) is 0 Å². The zero-order chi connectivity index (χ0) is 11.3. The molecule has 3 heteroatoms. The molecule has 0 radical (unpaired) electrons. The molecule has 0 heterocycles. The van der Waals surface area contributed by atoms with Gasteiger partial charge in [-0.05, 0) is 29.1 Å². The van der Waals surface area contributed by atoms with Crippen molar-refractivity contribution in [1.29, 1.82) is 0 Å². The van der Waals surface area contributed by atoms with Crippen LogP contribution in [0.5, 0.6) is 0 Å². The van der Waals surface area contributed by atoms with Gasteiger partial charge >= 0.3 is 5.97 Å². The SMILES string of the molecule is C=C(Br)Cc1ccc(C(=O)OCC)cc1. The monoisotopic (exact) mass is 268 g/mol. The van der Waals surface area contributed by atoms with Crippen molar-refractivity contribution in [3.05, 3.63) is 46.5 Å². The molecule has 1 aromatic rings. The fourth-order valence-corrected chi connectivity index (χ4v) is 1.52. The molecule has 0 aliphatic rings. The van der Waals surface area contributed by atoms with Gasteiger partial charge in [0.05, 0.1) is 12.2 Å². The quantitative estimate of drug-likeness (QED) is 0.784. The standard InChI is InChI=1S/C12H13BrO2/c1-3-15-12(14)11-6-4-10(5-7-11)8-9(2)13/h4-7H,2-3,8H2,1H3. The van der Waals surface area contributed by atoms with Crippen molar-refractivity contribution in [2.24, 2.45) is 0 Å². The van der Waals surface area contributed by atoms with Gasteiger partial charge in [-0.25, -0.2) is 4.79 Å². The molecule has 0 aromatic heterocycles. The normalized spacial score (nSPS) is 9.73. The number of benzene rings is 1. The zero-order valence-corrected chi connectivity index (χ0v) is 10.2. The summed E-state index contributed by atoms with van der Waals surface area (Å²) in [5.74, 6) is -0.276. The van der Waals surface area contributed by atoms with Gasteiger partial charge in [-0.2, -0.15) is 0 Å². The number of allylic oxidation sites excluding steroid dienone is 1. The van der Waals surface area contributed by atoms with Gasteiger partial charge in [-0.1, -0.05) is 34.6 Å². The predicted molar refractivity (Wildman–Crippen MR) is 64.2 cm³/mol. The molecule has 0 fully saturated rings. The summed E-state index contributed by atoms with van der Waals surface area (Å²) in [7, 11) is 0. The van der Waals surface area contributed by atoms with Crippen LogP contribution >= 0.6 is 15.9 Å². The fraction of sp³-hybridized carbons (Fsp3) is 0.250. The topological polar surface area (TPSA) is 26.3 Å². The molecule has 0 unspecified atom stereocenters. The number of carbonyl (C=O) groups is 1. The first kappa shape index (κ1) is 12.0. The minimum Gasteiger partial charge on any atom is -0.462 e. The number of halogens is 1. The smallest absolute Gasteiger partial charge is 0.338 e. The van der Waals surface area contributed by atoms with Crippen LogP contribution in [0, 0.1) is 0 Å². The van der Waals surface area contributed by atoms with Crippen LogP contribution in [0.4, 0.5) is 0 Å². The average Bonchev–Trinajstić information content (AvgIpc) is 2.18. The predicted octanol–water partition coefficient (Wildman–Crippen LogP) is 3.31. The van der Waals surface area contributed by atoms with Crippen molar-refractivity contribution in [2.75, 3.05) is 6.61 Å². The average molecular weight is 269 g/mol. The highest BCUT2D eigenvalue weighted by Crippen LogP contribution is 2.13. The van der Waals surface area contributed by atoms with Gasteiger partial charge in [0.15, 0.2) is 0 Å². The van der Waals surface area contributed by atoms with E-state index in [-0.39, 0.29) is 5.97 Å². The van der Waals surface area contributed by atoms with Crippen molar-refractivity contribution in [3.63, 3.8) is 0 Å². The second kappa shape index (κ2) is 5.71. The lowest BCUT2D eigenvalue weighted by atomic mass is 10.1. The van der Waals surface area contributed by atoms with E-state index in [1.807, 2.05) is 12.1 Å². The van der Waals surface area contributed by atoms with Gasteiger partial charge in [-0.15, -0.1) is 0 Å². The van der Waals surface area contributed by atoms with E-state index < -0.39 is 0 Å². The summed E-state index contributed by atoms with van der Waals surface area (Å²) in [5, 5.41) is 0. The van der Waals surface area contributed by atoms with Gasteiger partial charge in [0.25, 0.3) is 0 Å². The second-order valence-electron chi connectivity index (χ2n) is 3.11. The van der Waals surface area contributed by atoms with E-state index in [9.17, 15) is 4.79 Å². The Balaban J connectivity index is 2.71. The fourth-order valence-electron chi connectivity index (χ4n) is 1.19. The van der Waals surface area contributed by atoms with Crippen molar-refractivity contribution < 1.29 is 9.53 Å². The number of ether oxygens (including phenoxy) is 1. The Morgan fingerprint density at radius 2 is 2.00 bits per heavy atom. The third kappa shape index (κ3) is 3.88. The zero-order valence-electron chi connectivity index (χ0n) is 8.63. The molecule has 15 heavy (non-hydrogen) atoms. The Morgan fingerprint density at radius 1 is 1.40 bits per heavy atom. The summed E-state index contributed by atoms with van der Waals surface area (Å²) in [6.07, 6.45) is 0.767. The minimum atomic E-state index is -0.276. The Bertz CT molecular complexity index is 354. The van der Waals surface area contributed by atoms with Crippen molar-refractivity contribution in [3.8, 4) is 0 Å². The highest BCUT2D eigenvalue weighted by atomic mass is 79.9. The maximum atomic E-state index is 11.3. The van der Waals surface area contributed by atoms with Gasteiger partial charge in [0.1, 0.15) is 0 Å². The van der Waals surface area contributed by atoms with Gasteiger partial charge in [0.2, 0.25) is 0 Å². The van der Waals surface area contributed by atoms with Gasteiger partial charge in [-0.3, -0.25) is 0 Å². The molecule has 0 saturated carbocycles. The molecule has 0 saturated heterocycles. The molecule has 0 aliphatic carbocycles. The lowest BCUT2D eigenvalue weighted by molar-refractivity contribution is 0.0526. The van der Waals surface area contributed by atoms with Crippen LogP contribution < -0.4 is 0 Å². The summed E-state index contributed by atoms with van der Waals surface area (Å²) in [6.45, 7) is 5.96. The summed E-state index contributed by atoms with van der Waals surface area (Å²) in [4.78, 5) is 11.3. The Kier molecular flexibility index (Phi) is 4.56. The van der Waals surface area contributed by atoms with Crippen LogP contribution in [0.3, 0.4) is 0 Å². The van der Waals surface area contributed by atoms with E-state index in [0.717, 1.165) is 16.5 Å². The first-order valence-corrected chi connectivity index (χ1v) is 5.52. The molecule has 0 aliphatic heterocycles. The third-order valence-electron chi connectivity index (χ3n) is 1.86. The Morgan fingerprint density at radius 3 is 2.47 bits per heavy atom. The maximum Gasteiger partial charge on any atom is 0.338 e. The maximum absolute atomic E-state index is 11.3. The van der Waals surface area contributed by atoms with Crippen LogP contribution in [0.15, 0.2) is 35.3 Å². The molecule has 2 nitrogen and oxygen atoms in total. The molecule has 0 spiro atoms. The molecule has 1 rings (SSSR count). The van der Waals surface area contributed by atoms with Gasteiger partial charge in [0, 0.05) is 6.42 Å². The number of esters is 1. The van der Waals surface area contributed by atoms with Crippen molar-refractivity contribution in [2.45, 2.75) is 13.3 Å². The third-order valence-corrected chi connectivity index (χ3v) is 2.14. The summed E-state index contributed by atoms with van der Waals surface area (Å²) < 4.78 is 5.81. The molecule has 0 atom stereocenters. The summed E-state index contributed by atoms with van der Waals surface area (Å²) in [6, 6.07) is 7.34. The van der Waals surface area contributed by atoms with Crippen molar-refractivity contribution >= 4 is 21.9 Å². The molecule has 1 aromatic carbocycles. The van der Waals surface area contributed by atoms with Crippen LogP contribution in [-0.2, 0) is 11.2 Å². The molecular formula is C12H13BrO2. The Labute approximate surface area is 98.1 Å². The second-order valence-corrected chi connectivity index (χ2v) is 4.23. The van der Waals surface area contributed by atoms with Gasteiger partial charge < -0.3 is 4.74 Å². The number of hydrogen-bond donors (Lipinski definition) is 0. The largest absolute Gasteiger partial charge is 0.462 e. The van der Waals surface area contributed by atoms with Crippen LogP contribution in [0.1, 0.15) is 22.8 Å². The highest BCUT2D eigenvalue weighted by Gasteiger charge is 2.05. The first-order valence-electron chi connectivity index (χ1n) is 4.73. The number of carbonyl (C=O) groups excluding carboxylic acids is 1. The Hall–Kier alpha value is -1.09. The van der Waals surface area contributed by atoms with Crippen LogP contribution in [0.25, 0.3) is 0 Å². The molecule has 0 amide bonds. The molecular weight excluding hydrogens is 256 g/mol. The molecule has 0 bridgehead atoms. The van der Waals surface area contributed by atoms with E-state index in [4.69, 9.17) is 4.74 Å². The molecule has 0 N–H and O–H groups in total. The van der Waals surface area contributed by atoms with Crippen LogP contribution in [-0.4, -0.2) is 12.6 Å². The van der Waals surface area contributed by atoms with E-state index in [2.05, 4.69) is 22.5 Å². The molecule has 80 valence electrons. The number of hydrogen-bond acceptors (Lipinski definition) is 2. The highest BCUT2D eigenvalue weighted by molar-refractivity contribution is 9.11. The summed E-state index contributed by atoms with van der Waals surface area (Å²) >= 11 is 3.30. The van der Waals surface area contributed by atoms with Crippen molar-refractivity contribution in [1.82, 2.24) is 0 Å². The number of rotatable bonds is 4. The van der Waals surface area contributed by atoms with E-state index in [1.54, 1.807) is 19.1 Å². The lowest BCUT2D eigenvalue weighted by Crippen LogP contribution is -2.04. The lowest BCUT2D eigenvalue weighted by Gasteiger charge is -2.03. The minimum absolute atomic E-state index is 0.276. The van der Waals surface area contributed by atoms with E-state index >= 15 is 0 Å². The summed E-state index contributed by atoms with van der Waals surface area (Å²) in [5.41, 5.74) is 1.70.